The van der Waals surface area contributed by atoms with Gasteiger partial charge in [0.15, 0.2) is 9.84 Å². The number of sulfone groups is 1. The number of nitrogens with one attached hydrogen (secondary N) is 1. The molecule has 0 aliphatic carbocycles. The van der Waals surface area contributed by atoms with E-state index in [4.69, 9.17) is 0 Å². The highest BCUT2D eigenvalue weighted by atomic mass is 127. The Bertz CT molecular complexity index is 489. The Balaban J connectivity index is 3.73. The first-order chi connectivity index (χ1) is 5.84. The molecular formula is C7H8INO3S. The Kier molecular flexibility index (Phi) is 2.81. The summed E-state index contributed by atoms with van der Waals surface area (Å²) in [6, 6.07) is 0. The van der Waals surface area contributed by atoms with Crippen molar-refractivity contribution in [3.05, 3.63) is 25.7 Å². The number of hydrogen-bond acceptors (Lipinski definition) is 3. The molecule has 13 heavy (non-hydrogen) atoms. The quantitative estimate of drug-likeness (QED) is 0.776. The number of pyridine rings is 1. The lowest BCUT2D eigenvalue weighted by Gasteiger charge is -2.03. The van der Waals surface area contributed by atoms with Crippen LogP contribution in [-0.4, -0.2) is 19.7 Å². The molecule has 1 heterocycles. The predicted octanol–water partition coefficient (Wildman–Crippen LogP) is 0.691. The zero-order valence-corrected chi connectivity index (χ0v) is 10.1. The van der Waals surface area contributed by atoms with Gasteiger partial charge in [-0.25, -0.2) is 8.42 Å². The van der Waals surface area contributed by atoms with Crippen LogP contribution in [0.5, 0.6) is 0 Å². The maximum atomic E-state index is 11.2. The lowest BCUT2D eigenvalue weighted by atomic mass is 10.3. The number of H-pyrrole nitrogens is 1. The van der Waals surface area contributed by atoms with Gasteiger partial charge in [-0.2, -0.15) is 0 Å². The van der Waals surface area contributed by atoms with Crippen LogP contribution in [-0.2, 0) is 9.84 Å². The molecule has 0 unspecified atom stereocenters. The van der Waals surface area contributed by atoms with Gasteiger partial charge in [0.25, 0.3) is 5.56 Å². The fourth-order valence-corrected chi connectivity index (χ4v) is 2.70. The van der Waals surface area contributed by atoms with Crippen LogP contribution in [0.3, 0.4) is 0 Å². The number of rotatable bonds is 1. The molecule has 0 saturated heterocycles. The Hall–Kier alpha value is -0.370. The van der Waals surface area contributed by atoms with Gasteiger partial charge in [-0.05, 0) is 35.1 Å². The van der Waals surface area contributed by atoms with E-state index in [1.807, 2.05) is 22.6 Å². The Labute approximate surface area is 89.4 Å². The molecule has 0 spiro atoms. The second-order valence-electron chi connectivity index (χ2n) is 2.69. The van der Waals surface area contributed by atoms with Gasteiger partial charge in [0.2, 0.25) is 0 Å². The average Bonchev–Trinajstić information content (AvgIpc) is 1.95. The van der Waals surface area contributed by atoms with E-state index in [0.29, 0.717) is 5.56 Å². The van der Waals surface area contributed by atoms with E-state index in [1.165, 1.54) is 6.20 Å². The third-order valence-electron chi connectivity index (χ3n) is 1.61. The van der Waals surface area contributed by atoms with Gasteiger partial charge in [0, 0.05) is 16.0 Å². The van der Waals surface area contributed by atoms with Crippen molar-refractivity contribution < 1.29 is 8.42 Å². The minimum Gasteiger partial charge on any atom is -0.327 e. The van der Waals surface area contributed by atoms with Crippen molar-refractivity contribution in [2.45, 2.75) is 11.8 Å². The second-order valence-corrected chi connectivity index (χ2v) is 5.81. The van der Waals surface area contributed by atoms with E-state index in [9.17, 15) is 13.2 Å². The summed E-state index contributed by atoms with van der Waals surface area (Å²) in [6.45, 7) is 1.62. The lowest BCUT2D eigenvalue weighted by molar-refractivity contribution is 0.599. The maximum Gasteiger partial charge on any atom is 0.267 e. The summed E-state index contributed by atoms with van der Waals surface area (Å²) in [5.74, 6) is 0. The van der Waals surface area contributed by atoms with Gasteiger partial charge in [0.05, 0.1) is 0 Å². The molecule has 0 bridgehead atoms. The van der Waals surface area contributed by atoms with Crippen molar-refractivity contribution >= 4 is 32.4 Å². The number of hydrogen-bond donors (Lipinski definition) is 1. The standard InChI is InChI=1S/C7H8INO3S/c1-4-5(8)3-9-7(10)6(4)13(2,11)12/h3H,1-2H3,(H,9,10). The van der Waals surface area contributed by atoms with Crippen LogP contribution >= 0.6 is 22.6 Å². The molecule has 4 nitrogen and oxygen atoms in total. The van der Waals surface area contributed by atoms with Gasteiger partial charge in [0.1, 0.15) is 4.90 Å². The number of aromatic nitrogens is 1. The molecule has 0 radical (unpaired) electrons. The number of aromatic amines is 1. The van der Waals surface area contributed by atoms with Crippen LogP contribution in [0.4, 0.5) is 0 Å². The van der Waals surface area contributed by atoms with Crippen LogP contribution in [0.25, 0.3) is 0 Å². The zero-order valence-electron chi connectivity index (χ0n) is 7.09. The summed E-state index contributed by atoms with van der Waals surface area (Å²) in [6.07, 6.45) is 2.52. The maximum absolute atomic E-state index is 11.2. The highest BCUT2D eigenvalue weighted by Gasteiger charge is 2.17. The average molecular weight is 313 g/mol. The molecule has 0 amide bonds. The van der Waals surface area contributed by atoms with E-state index in [2.05, 4.69) is 4.98 Å². The summed E-state index contributed by atoms with van der Waals surface area (Å²) >= 11 is 1.97. The van der Waals surface area contributed by atoms with Gasteiger partial charge >= 0.3 is 0 Å². The van der Waals surface area contributed by atoms with Gasteiger partial charge in [-0.3, -0.25) is 4.79 Å². The van der Waals surface area contributed by atoms with E-state index < -0.39 is 15.4 Å². The van der Waals surface area contributed by atoms with Crippen molar-refractivity contribution in [2.24, 2.45) is 0 Å². The topological polar surface area (TPSA) is 67.0 Å². The smallest absolute Gasteiger partial charge is 0.267 e. The van der Waals surface area contributed by atoms with Crippen molar-refractivity contribution in [3.63, 3.8) is 0 Å². The van der Waals surface area contributed by atoms with Crippen LogP contribution in [0, 0.1) is 10.5 Å². The van der Waals surface area contributed by atoms with Crippen molar-refractivity contribution in [2.75, 3.05) is 6.26 Å². The Morgan fingerprint density at radius 3 is 2.38 bits per heavy atom. The molecule has 0 saturated carbocycles. The van der Waals surface area contributed by atoms with Crippen LogP contribution in [0.1, 0.15) is 5.56 Å². The first-order valence-corrected chi connectivity index (χ1v) is 6.39. The molecule has 72 valence electrons. The summed E-state index contributed by atoms with van der Waals surface area (Å²) in [7, 11) is -3.44. The van der Waals surface area contributed by atoms with Crippen molar-refractivity contribution in [3.8, 4) is 0 Å². The van der Waals surface area contributed by atoms with E-state index >= 15 is 0 Å². The Morgan fingerprint density at radius 2 is 2.00 bits per heavy atom. The fraction of sp³-hybridized carbons (Fsp3) is 0.286. The van der Waals surface area contributed by atoms with E-state index in [1.54, 1.807) is 6.92 Å². The van der Waals surface area contributed by atoms with Crippen molar-refractivity contribution in [1.82, 2.24) is 4.98 Å². The molecule has 0 atom stereocenters. The van der Waals surface area contributed by atoms with Crippen LogP contribution in [0.15, 0.2) is 15.9 Å². The van der Waals surface area contributed by atoms with Crippen LogP contribution in [0.2, 0.25) is 0 Å². The number of halogens is 1. The first kappa shape index (κ1) is 10.7. The molecule has 1 aromatic rings. The van der Waals surface area contributed by atoms with Gasteiger partial charge in [-0.1, -0.05) is 0 Å². The zero-order chi connectivity index (χ0) is 10.2. The molecule has 0 fully saturated rings. The van der Waals surface area contributed by atoms with Crippen molar-refractivity contribution in [1.29, 1.82) is 0 Å². The molecule has 1 N–H and O–H groups in total. The molecule has 0 aromatic carbocycles. The molecular weight excluding hydrogens is 305 g/mol. The van der Waals surface area contributed by atoms with Gasteiger partial charge in [-0.15, -0.1) is 0 Å². The highest BCUT2D eigenvalue weighted by molar-refractivity contribution is 14.1. The monoisotopic (exact) mass is 313 g/mol. The predicted molar refractivity (Wildman–Crippen MR) is 57.6 cm³/mol. The Morgan fingerprint density at radius 1 is 1.46 bits per heavy atom. The van der Waals surface area contributed by atoms with E-state index in [0.717, 1.165) is 9.83 Å². The third-order valence-corrected chi connectivity index (χ3v) is 3.96. The largest absolute Gasteiger partial charge is 0.327 e. The highest BCUT2D eigenvalue weighted by Crippen LogP contribution is 2.14. The van der Waals surface area contributed by atoms with Gasteiger partial charge < -0.3 is 4.98 Å². The molecule has 6 heteroatoms. The van der Waals surface area contributed by atoms with E-state index in [-0.39, 0.29) is 4.90 Å². The molecule has 1 aromatic heterocycles. The normalized spacial score (nSPS) is 11.6. The third kappa shape index (κ3) is 2.11. The van der Waals surface area contributed by atoms with Crippen LogP contribution < -0.4 is 5.56 Å². The SMILES string of the molecule is Cc1c(I)c[nH]c(=O)c1S(C)(=O)=O. The minimum atomic E-state index is -3.44. The minimum absolute atomic E-state index is 0.139. The summed E-state index contributed by atoms with van der Waals surface area (Å²) in [4.78, 5) is 13.4. The fourth-order valence-electron chi connectivity index (χ4n) is 1.03. The molecule has 0 aliphatic rings. The summed E-state index contributed by atoms with van der Waals surface area (Å²) in [5, 5.41) is 0. The summed E-state index contributed by atoms with van der Waals surface area (Å²) in [5.41, 5.74) is -0.0488. The first-order valence-electron chi connectivity index (χ1n) is 3.42. The molecule has 0 aliphatic heterocycles. The lowest BCUT2D eigenvalue weighted by Crippen LogP contribution is -2.18. The second kappa shape index (κ2) is 3.41. The molecule has 1 rings (SSSR count). The summed E-state index contributed by atoms with van der Waals surface area (Å²) < 4.78 is 23.1.